The van der Waals surface area contributed by atoms with Crippen molar-refractivity contribution in [1.82, 2.24) is 10.6 Å². The molecule has 0 radical (unpaired) electrons. The summed E-state index contributed by atoms with van der Waals surface area (Å²) in [6, 6.07) is 7.22. The quantitative estimate of drug-likeness (QED) is 0.771. The van der Waals surface area contributed by atoms with Crippen LogP contribution in [-0.4, -0.2) is 31.6 Å². The van der Waals surface area contributed by atoms with Crippen LogP contribution in [0.1, 0.15) is 37.8 Å². The van der Waals surface area contributed by atoms with Gasteiger partial charge in [-0.15, -0.1) is 0 Å². The Bertz CT molecular complexity index is 483. The molecule has 0 unspecified atom stereocenters. The average molecular weight is 289 g/mol. The molecule has 0 aliphatic heterocycles. The van der Waals surface area contributed by atoms with E-state index in [4.69, 9.17) is 0 Å². The minimum atomic E-state index is 0.0801. The van der Waals surface area contributed by atoms with Gasteiger partial charge >= 0.3 is 0 Å². The fourth-order valence-electron chi connectivity index (χ4n) is 2.43. The van der Waals surface area contributed by atoms with Crippen LogP contribution in [0.3, 0.4) is 0 Å². The molecule has 1 aromatic rings. The van der Waals surface area contributed by atoms with Gasteiger partial charge in [-0.3, -0.25) is 4.79 Å². The highest BCUT2D eigenvalue weighted by Gasteiger charge is 2.20. The molecule has 1 amide bonds. The first-order chi connectivity index (χ1) is 10.1. The molecular formula is C17H27N3O. The Morgan fingerprint density at radius 2 is 2.10 bits per heavy atom. The number of nitrogens with one attached hydrogen (secondary N) is 2. The molecule has 0 spiro atoms. The van der Waals surface area contributed by atoms with Crippen molar-refractivity contribution in [2.24, 2.45) is 0 Å². The molecule has 1 saturated carbocycles. The predicted molar refractivity (Wildman–Crippen MR) is 87.6 cm³/mol. The number of anilines is 1. The van der Waals surface area contributed by atoms with Gasteiger partial charge in [0.15, 0.2) is 0 Å². The van der Waals surface area contributed by atoms with Gasteiger partial charge in [0.2, 0.25) is 5.91 Å². The highest BCUT2D eigenvalue weighted by molar-refractivity contribution is 5.81. The Labute approximate surface area is 127 Å². The molecule has 1 aliphatic rings. The maximum Gasteiger partial charge on any atom is 0.239 e. The zero-order valence-electron chi connectivity index (χ0n) is 13.4. The van der Waals surface area contributed by atoms with Crippen LogP contribution < -0.4 is 15.5 Å². The number of likely N-dealkylation sites (N-methyl/N-ethyl adjacent to an activating group) is 2. The Kier molecular flexibility index (Phi) is 5.62. The first kappa shape index (κ1) is 15.8. The summed E-state index contributed by atoms with van der Waals surface area (Å²) in [5.74, 6) is 0.0801. The predicted octanol–water partition coefficient (Wildman–Crippen LogP) is 2.21. The number of carbonyl (C=O) groups is 1. The molecule has 21 heavy (non-hydrogen) atoms. The van der Waals surface area contributed by atoms with Crippen LogP contribution in [-0.2, 0) is 11.3 Å². The smallest absolute Gasteiger partial charge is 0.239 e. The lowest BCUT2D eigenvalue weighted by Crippen LogP contribution is -2.37. The van der Waals surface area contributed by atoms with Crippen LogP contribution in [0.5, 0.6) is 0 Å². The summed E-state index contributed by atoms with van der Waals surface area (Å²) in [6.45, 7) is 9.05. The molecule has 2 N–H and O–H groups in total. The van der Waals surface area contributed by atoms with Crippen molar-refractivity contribution in [1.29, 1.82) is 0 Å². The van der Waals surface area contributed by atoms with E-state index >= 15 is 0 Å². The molecule has 1 aliphatic carbocycles. The maximum absolute atomic E-state index is 11.8. The van der Waals surface area contributed by atoms with Gasteiger partial charge in [0.1, 0.15) is 0 Å². The second-order valence-electron chi connectivity index (χ2n) is 5.73. The monoisotopic (exact) mass is 289 g/mol. The summed E-state index contributed by atoms with van der Waals surface area (Å²) >= 11 is 0. The van der Waals surface area contributed by atoms with Gasteiger partial charge in [0.05, 0.1) is 6.54 Å². The number of amides is 1. The highest BCUT2D eigenvalue weighted by atomic mass is 16.2. The summed E-state index contributed by atoms with van der Waals surface area (Å²) in [6.07, 6.45) is 2.63. The molecule has 0 heterocycles. The average Bonchev–Trinajstić information content (AvgIpc) is 3.28. The second kappa shape index (κ2) is 7.46. The molecule has 0 saturated heterocycles. The van der Waals surface area contributed by atoms with Crippen LogP contribution in [0, 0.1) is 6.92 Å². The van der Waals surface area contributed by atoms with Crippen LogP contribution in [0.25, 0.3) is 0 Å². The van der Waals surface area contributed by atoms with E-state index in [2.05, 4.69) is 47.6 Å². The summed E-state index contributed by atoms with van der Waals surface area (Å²) in [4.78, 5) is 13.9. The molecule has 0 aromatic heterocycles. The fourth-order valence-corrected chi connectivity index (χ4v) is 2.43. The van der Waals surface area contributed by atoms with Gasteiger partial charge in [-0.2, -0.15) is 0 Å². The van der Waals surface area contributed by atoms with Crippen LogP contribution in [0.2, 0.25) is 0 Å². The van der Waals surface area contributed by atoms with E-state index in [1.54, 1.807) is 0 Å². The molecule has 0 bridgehead atoms. The van der Waals surface area contributed by atoms with Gasteiger partial charge in [-0.1, -0.05) is 6.07 Å². The third kappa shape index (κ3) is 4.74. The fraction of sp³-hybridized carbons (Fsp3) is 0.588. The topological polar surface area (TPSA) is 44.4 Å². The number of hydrogen-bond donors (Lipinski definition) is 2. The van der Waals surface area contributed by atoms with Crippen LogP contribution in [0.4, 0.5) is 5.69 Å². The molecule has 116 valence electrons. The van der Waals surface area contributed by atoms with E-state index in [-0.39, 0.29) is 5.91 Å². The Morgan fingerprint density at radius 1 is 1.33 bits per heavy atom. The zero-order chi connectivity index (χ0) is 15.2. The zero-order valence-corrected chi connectivity index (χ0v) is 13.4. The van der Waals surface area contributed by atoms with Crippen molar-refractivity contribution in [2.75, 3.05) is 24.5 Å². The van der Waals surface area contributed by atoms with E-state index < -0.39 is 0 Å². The molecule has 1 fully saturated rings. The Morgan fingerprint density at radius 3 is 2.67 bits per heavy atom. The first-order valence-electron chi connectivity index (χ1n) is 7.98. The molecular weight excluding hydrogens is 262 g/mol. The number of rotatable bonds is 8. The lowest BCUT2D eigenvalue weighted by atomic mass is 10.1. The highest BCUT2D eigenvalue weighted by Crippen LogP contribution is 2.22. The summed E-state index contributed by atoms with van der Waals surface area (Å²) in [5.41, 5.74) is 3.76. The lowest BCUT2D eigenvalue weighted by molar-refractivity contribution is -0.119. The first-order valence-corrected chi connectivity index (χ1v) is 7.98. The van der Waals surface area contributed by atoms with E-state index in [0.29, 0.717) is 13.1 Å². The molecule has 1 aromatic carbocycles. The molecule has 4 nitrogen and oxygen atoms in total. The number of benzene rings is 1. The maximum atomic E-state index is 11.8. The van der Waals surface area contributed by atoms with Gasteiger partial charge < -0.3 is 15.5 Å². The number of carbonyl (C=O) groups excluding carboxylic acids is 1. The van der Waals surface area contributed by atoms with E-state index in [1.807, 2.05) is 6.92 Å². The lowest BCUT2D eigenvalue weighted by Gasteiger charge is -2.23. The van der Waals surface area contributed by atoms with Crippen LogP contribution in [0.15, 0.2) is 18.2 Å². The van der Waals surface area contributed by atoms with Crippen molar-refractivity contribution >= 4 is 11.6 Å². The summed E-state index contributed by atoms with van der Waals surface area (Å²) < 4.78 is 0. The standard InChI is InChI=1S/C17H27N3O/c1-4-18-17(21)12-20(5-2)16-9-6-14(13(3)10-16)11-19-15-7-8-15/h6,9-10,15,19H,4-5,7-8,11-12H2,1-3H3,(H,18,21). The number of hydrogen-bond acceptors (Lipinski definition) is 3. The number of aryl methyl sites for hydroxylation is 1. The molecule has 2 rings (SSSR count). The minimum Gasteiger partial charge on any atom is -0.362 e. The molecule has 0 atom stereocenters. The minimum absolute atomic E-state index is 0.0801. The third-order valence-corrected chi connectivity index (χ3v) is 3.94. The Hall–Kier alpha value is -1.55. The van der Waals surface area contributed by atoms with E-state index in [1.165, 1.54) is 24.0 Å². The number of nitrogens with zero attached hydrogens (tertiary/aromatic N) is 1. The summed E-state index contributed by atoms with van der Waals surface area (Å²) in [5, 5.41) is 6.40. The van der Waals surface area contributed by atoms with Gasteiger partial charge in [0.25, 0.3) is 0 Å². The largest absolute Gasteiger partial charge is 0.362 e. The van der Waals surface area contributed by atoms with Crippen LogP contribution >= 0.6 is 0 Å². The normalized spacial score (nSPS) is 14.0. The van der Waals surface area contributed by atoms with Crippen molar-refractivity contribution in [3.8, 4) is 0 Å². The van der Waals surface area contributed by atoms with Crippen molar-refractivity contribution in [3.05, 3.63) is 29.3 Å². The Balaban J connectivity index is 1.99. The van der Waals surface area contributed by atoms with Crippen molar-refractivity contribution < 1.29 is 4.79 Å². The second-order valence-corrected chi connectivity index (χ2v) is 5.73. The van der Waals surface area contributed by atoms with Gasteiger partial charge in [-0.05, 0) is 56.9 Å². The van der Waals surface area contributed by atoms with Gasteiger partial charge in [-0.25, -0.2) is 0 Å². The summed E-state index contributed by atoms with van der Waals surface area (Å²) in [7, 11) is 0. The van der Waals surface area contributed by atoms with Gasteiger partial charge in [0, 0.05) is 31.4 Å². The van der Waals surface area contributed by atoms with E-state index in [0.717, 1.165) is 24.8 Å². The van der Waals surface area contributed by atoms with E-state index in [9.17, 15) is 4.79 Å². The molecule has 4 heteroatoms. The SMILES string of the molecule is CCNC(=O)CN(CC)c1ccc(CNC2CC2)c(C)c1. The van der Waals surface area contributed by atoms with Crippen molar-refractivity contribution in [3.63, 3.8) is 0 Å². The van der Waals surface area contributed by atoms with Crippen molar-refractivity contribution in [2.45, 2.75) is 46.2 Å². The third-order valence-electron chi connectivity index (χ3n) is 3.94.